The van der Waals surface area contributed by atoms with Crippen molar-refractivity contribution in [3.8, 4) is 0 Å². The first-order valence-electron chi connectivity index (χ1n) is 11.1. The highest BCUT2D eigenvalue weighted by Gasteiger charge is 2.32. The zero-order valence-corrected chi connectivity index (χ0v) is 19.5. The third kappa shape index (κ3) is 4.05. The number of hydrogen-bond donors (Lipinski definition) is 3. The van der Waals surface area contributed by atoms with Crippen molar-refractivity contribution in [2.45, 2.75) is 44.4 Å². The van der Waals surface area contributed by atoms with Gasteiger partial charge in [-0.15, -0.1) is 11.3 Å². The highest BCUT2D eigenvalue weighted by molar-refractivity contribution is 7.21. The average molecular weight is 470 g/mol. The van der Waals surface area contributed by atoms with Crippen molar-refractivity contribution in [1.82, 2.24) is 10.3 Å². The Hall–Kier alpha value is -2.75. The first-order valence-corrected chi connectivity index (χ1v) is 12.0. The van der Waals surface area contributed by atoms with Crippen molar-refractivity contribution >= 4 is 38.8 Å². The highest BCUT2D eigenvalue weighted by atomic mass is 32.1. The lowest BCUT2D eigenvalue weighted by molar-refractivity contribution is 0.0938. The van der Waals surface area contributed by atoms with Gasteiger partial charge in [0.1, 0.15) is 15.5 Å². The van der Waals surface area contributed by atoms with Gasteiger partial charge in [0.2, 0.25) is 0 Å². The van der Waals surface area contributed by atoms with Crippen molar-refractivity contribution in [3.05, 3.63) is 51.8 Å². The van der Waals surface area contributed by atoms with Gasteiger partial charge in [0.15, 0.2) is 0 Å². The van der Waals surface area contributed by atoms with Crippen LogP contribution in [0.15, 0.2) is 24.3 Å². The Morgan fingerprint density at radius 2 is 2.15 bits per heavy atom. The second-order valence-electron chi connectivity index (χ2n) is 8.97. The first kappa shape index (κ1) is 22.1. The maximum Gasteiger partial charge on any atom is 0.263 e. The molecule has 1 fully saturated rings. The van der Waals surface area contributed by atoms with Crippen molar-refractivity contribution in [2.75, 3.05) is 30.8 Å². The highest BCUT2D eigenvalue weighted by Crippen LogP contribution is 2.34. The van der Waals surface area contributed by atoms with E-state index in [-0.39, 0.29) is 29.9 Å². The molecule has 1 aliphatic heterocycles. The van der Waals surface area contributed by atoms with E-state index < -0.39 is 0 Å². The van der Waals surface area contributed by atoms with Crippen molar-refractivity contribution < 1.29 is 13.9 Å². The van der Waals surface area contributed by atoms with Crippen LogP contribution in [0.5, 0.6) is 0 Å². The zero-order chi connectivity index (χ0) is 23.3. The number of carbonyl (C=O) groups is 1. The summed E-state index contributed by atoms with van der Waals surface area (Å²) in [6.45, 7) is 3.20. The monoisotopic (exact) mass is 469 g/mol. The van der Waals surface area contributed by atoms with Crippen LogP contribution in [0.25, 0.3) is 10.2 Å². The fourth-order valence-electron chi connectivity index (χ4n) is 4.88. The number of amides is 1. The van der Waals surface area contributed by atoms with Gasteiger partial charge in [-0.2, -0.15) is 0 Å². The molecule has 2 aromatic heterocycles. The van der Waals surface area contributed by atoms with Crippen LogP contribution in [0.4, 0.5) is 15.8 Å². The van der Waals surface area contributed by atoms with E-state index in [1.54, 1.807) is 13.2 Å². The lowest BCUT2D eigenvalue weighted by atomic mass is 9.87. The molecule has 9 heteroatoms. The van der Waals surface area contributed by atoms with Crippen LogP contribution < -0.4 is 21.7 Å². The van der Waals surface area contributed by atoms with Crippen LogP contribution in [0, 0.1) is 12.7 Å². The van der Waals surface area contributed by atoms with E-state index in [2.05, 4.69) is 21.3 Å². The van der Waals surface area contributed by atoms with E-state index in [9.17, 15) is 4.79 Å². The molecule has 5 rings (SSSR count). The molecule has 2 aliphatic rings. The number of fused-ring (bicyclic) bond motifs is 2. The number of nitrogens with zero attached hydrogens (tertiary/aromatic N) is 2. The second kappa shape index (κ2) is 8.55. The largest absolute Gasteiger partial charge is 0.397 e. The van der Waals surface area contributed by atoms with E-state index in [4.69, 9.17) is 16.2 Å². The van der Waals surface area contributed by atoms with Crippen LogP contribution in [-0.2, 0) is 17.6 Å². The van der Waals surface area contributed by atoms with Crippen molar-refractivity contribution in [3.63, 3.8) is 0 Å². The molecule has 0 radical (unpaired) electrons. The van der Waals surface area contributed by atoms with Crippen molar-refractivity contribution in [2.24, 2.45) is 5.73 Å². The predicted molar refractivity (Wildman–Crippen MR) is 129 cm³/mol. The molecule has 1 amide bonds. The molecule has 3 aromatic rings. The molecule has 7 nitrogen and oxygen atoms in total. The van der Waals surface area contributed by atoms with Crippen LogP contribution in [0.1, 0.15) is 32.9 Å². The number of pyridine rings is 1. The van der Waals surface area contributed by atoms with Gasteiger partial charge >= 0.3 is 0 Å². The number of carbonyl (C=O) groups excluding carboxylic acids is 1. The molecule has 1 aliphatic carbocycles. The van der Waals surface area contributed by atoms with Gasteiger partial charge in [0.25, 0.3) is 5.91 Å². The summed E-state index contributed by atoms with van der Waals surface area (Å²) in [4.78, 5) is 20.7. The quantitative estimate of drug-likeness (QED) is 0.543. The Kier molecular flexibility index (Phi) is 5.72. The topological polar surface area (TPSA) is 106 Å². The Labute approximate surface area is 195 Å². The molecule has 3 atom stereocenters. The van der Waals surface area contributed by atoms with Gasteiger partial charge in [0, 0.05) is 43.0 Å². The average Bonchev–Trinajstić information content (AvgIpc) is 3.33. The van der Waals surface area contributed by atoms with Crippen LogP contribution in [0.3, 0.4) is 0 Å². The fourth-order valence-corrected chi connectivity index (χ4v) is 5.92. The molecule has 33 heavy (non-hydrogen) atoms. The maximum absolute atomic E-state index is 15.1. The van der Waals surface area contributed by atoms with Crippen molar-refractivity contribution in [1.29, 1.82) is 0 Å². The number of halogens is 1. The minimum absolute atomic E-state index is 0.0517. The number of aryl methyl sites for hydroxylation is 2. The smallest absolute Gasteiger partial charge is 0.263 e. The SMILES string of the molecule is CO[C@H]1CN(c2cc(F)c3c(c2)CC[C@H](NC(=O)c2sc4nc(C)ccc4c2N)C3)C[C@@H]1N. The number of nitrogens with two attached hydrogens (primary N) is 2. The van der Waals surface area contributed by atoms with Gasteiger partial charge in [0.05, 0.1) is 17.8 Å². The van der Waals surface area contributed by atoms with Crippen LogP contribution >= 0.6 is 11.3 Å². The van der Waals surface area contributed by atoms with Gasteiger partial charge in [-0.1, -0.05) is 0 Å². The Balaban J connectivity index is 1.31. The summed E-state index contributed by atoms with van der Waals surface area (Å²) in [7, 11) is 1.65. The summed E-state index contributed by atoms with van der Waals surface area (Å²) in [5.41, 5.74) is 16.2. The predicted octanol–water partition coefficient (Wildman–Crippen LogP) is 2.78. The summed E-state index contributed by atoms with van der Waals surface area (Å²) in [6, 6.07) is 7.17. The van der Waals surface area contributed by atoms with Gasteiger partial charge < -0.3 is 26.4 Å². The number of methoxy groups -OCH3 is 1. The van der Waals surface area contributed by atoms with E-state index >= 15 is 4.39 Å². The number of hydrogen-bond acceptors (Lipinski definition) is 7. The minimum atomic E-state index is -0.239. The number of ether oxygens (including phenoxy) is 1. The normalized spacial score (nSPS) is 22.5. The van der Waals surface area contributed by atoms with Gasteiger partial charge in [-0.3, -0.25) is 4.79 Å². The maximum atomic E-state index is 15.1. The molecular weight excluding hydrogens is 441 g/mol. The molecule has 1 saturated heterocycles. The molecule has 3 heterocycles. The van der Waals surface area contributed by atoms with Gasteiger partial charge in [-0.05, 0) is 61.6 Å². The van der Waals surface area contributed by atoms with E-state index in [0.717, 1.165) is 33.6 Å². The number of nitrogens with one attached hydrogen (secondary N) is 1. The Morgan fingerprint density at radius 3 is 2.91 bits per heavy atom. The molecule has 0 unspecified atom stereocenters. The molecule has 0 bridgehead atoms. The fraction of sp³-hybridized carbons (Fsp3) is 0.417. The summed E-state index contributed by atoms with van der Waals surface area (Å²) >= 11 is 1.29. The summed E-state index contributed by atoms with van der Waals surface area (Å²) < 4.78 is 20.5. The zero-order valence-electron chi connectivity index (χ0n) is 18.7. The summed E-state index contributed by atoms with van der Waals surface area (Å²) in [5.74, 6) is -0.466. The van der Waals surface area contributed by atoms with Crippen LogP contribution in [-0.4, -0.2) is 49.3 Å². The number of rotatable bonds is 4. The molecule has 1 aromatic carbocycles. The first-order chi connectivity index (χ1) is 15.8. The summed E-state index contributed by atoms with van der Waals surface area (Å²) in [5, 5.41) is 3.85. The van der Waals surface area contributed by atoms with Crippen LogP contribution in [0.2, 0.25) is 0 Å². The molecule has 5 N–H and O–H groups in total. The second-order valence-corrected chi connectivity index (χ2v) is 9.97. The third-order valence-electron chi connectivity index (χ3n) is 6.74. The lowest BCUT2D eigenvalue weighted by Crippen LogP contribution is -2.39. The van der Waals surface area contributed by atoms with E-state index in [1.807, 2.05) is 19.1 Å². The minimum Gasteiger partial charge on any atom is -0.397 e. The number of benzene rings is 1. The number of anilines is 2. The Morgan fingerprint density at radius 1 is 1.33 bits per heavy atom. The number of aromatic nitrogens is 1. The number of thiophene rings is 1. The molecular formula is C24H28FN5O2S. The molecule has 0 saturated carbocycles. The number of nitrogen functional groups attached to an aromatic ring is 1. The molecule has 0 spiro atoms. The van der Waals surface area contributed by atoms with E-state index in [0.29, 0.717) is 42.1 Å². The van der Waals surface area contributed by atoms with E-state index in [1.165, 1.54) is 11.3 Å². The Bertz CT molecular complexity index is 1230. The molecule has 174 valence electrons. The third-order valence-corrected chi connectivity index (χ3v) is 7.85. The van der Waals surface area contributed by atoms with Gasteiger partial charge in [-0.25, -0.2) is 9.37 Å². The lowest BCUT2D eigenvalue weighted by Gasteiger charge is -2.28. The standard InChI is InChI=1S/C24H28FN5O2S/c1-12-3-6-16-21(27)22(33-24(16)28-12)23(31)29-14-5-4-13-7-15(9-18(25)17(13)8-14)30-10-19(26)20(11-30)32-2/h3,6-7,9,14,19-20H,4-5,8,10-11,26-27H2,1-2H3,(H,29,31)/t14-,19-,20-/m0/s1. The summed E-state index contributed by atoms with van der Waals surface area (Å²) in [6.07, 6.45) is 1.84.